The number of anilines is 1. The number of benzene rings is 1. The van der Waals surface area contributed by atoms with Gasteiger partial charge in [-0.05, 0) is 36.0 Å². The number of ether oxygens (including phenoxy) is 1. The average Bonchev–Trinajstić information content (AvgIpc) is 3.16. The molecule has 0 spiro atoms. The Morgan fingerprint density at radius 3 is 3.00 bits per heavy atom. The molecule has 4 rings (SSSR count). The summed E-state index contributed by atoms with van der Waals surface area (Å²) in [6.45, 7) is 1.65. The fourth-order valence-corrected chi connectivity index (χ4v) is 3.84. The zero-order valence-electron chi connectivity index (χ0n) is 15.1. The zero-order valence-corrected chi connectivity index (χ0v) is 15.1. The van der Waals surface area contributed by atoms with Crippen LogP contribution in [0.2, 0.25) is 0 Å². The number of fused-ring (bicyclic) bond motifs is 1. The molecule has 1 aromatic heterocycles. The number of nitrogens with zero attached hydrogens (tertiary/aromatic N) is 3. The number of nitrogens with one attached hydrogen (secondary N) is 1. The average molecular weight is 352 g/mol. The lowest BCUT2D eigenvalue weighted by Gasteiger charge is -2.33. The summed E-state index contributed by atoms with van der Waals surface area (Å²) >= 11 is 0. The van der Waals surface area contributed by atoms with Crippen molar-refractivity contribution in [3.05, 3.63) is 53.0 Å². The molecule has 0 bridgehead atoms. The predicted molar refractivity (Wildman–Crippen MR) is 99.0 cm³/mol. The molecule has 136 valence electrons. The Labute approximate surface area is 153 Å². The number of aryl methyl sites for hydroxylation is 2. The van der Waals surface area contributed by atoms with E-state index in [-0.39, 0.29) is 12.0 Å². The minimum atomic E-state index is -0.246. The van der Waals surface area contributed by atoms with E-state index in [1.165, 1.54) is 24.0 Å². The van der Waals surface area contributed by atoms with Gasteiger partial charge >= 0.3 is 0 Å². The number of aromatic nitrogens is 2. The van der Waals surface area contributed by atoms with Crippen molar-refractivity contribution >= 4 is 11.7 Å². The minimum Gasteiger partial charge on any atom is -0.372 e. The van der Waals surface area contributed by atoms with Crippen LogP contribution in [0.15, 0.2) is 30.6 Å². The first kappa shape index (κ1) is 17.0. The van der Waals surface area contributed by atoms with E-state index in [4.69, 9.17) is 4.74 Å². The van der Waals surface area contributed by atoms with Gasteiger partial charge in [0.25, 0.3) is 0 Å². The summed E-state index contributed by atoms with van der Waals surface area (Å²) in [6.07, 6.45) is 7.03. The van der Waals surface area contributed by atoms with Gasteiger partial charge in [0.1, 0.15) is 17.6 Å². The molecule has 6 nitrogen and oxygen atoms in total. The van der Waals surface area contributed by atoms with E-state index in [2.05, 4.69) is 33.5 Å². The normalized spacial score (nSPS) is 19.3. The van der Waals surface area contributed by atoms with E-state index < -0.39 is 0 Å². The van der Waals surface area contributed by atoms with E-state index in [1.807, 2.05) is 11.9 Å². The molecule has 1 saturated heterocycles. The molecule has 1 atom stereocenters. The first-order valence-corrected chi connectivity index (χ1v) is 9.23. The van der Waals surface area contributed by atoms with Crippen LogP contribution in [0.3, 0.4) is 0 Å². The second-order valence-electron chi connectivity index (χ2n) is 6.87. The lowest BCUT2D eigenvalue weighted by Crippen LogP contribution is -2.43. The molecule has 1 aromatic carbocycles. The molecular formula is C20H24N4O2. The van der Waals surface area contributed by atoms with Crippen molar-refractivity contribution in [3.63, 3.8) is 0 Å². The second kappa shape index (κ2) is 7.41. The van der Waals surface area contributed by atoms with E-state index in [9.17, 15) is 4.79 Å². The molecule has 1 amide bonds. The van der Waals surface area contributed by atoms with Crippen molar-refractivity contribution in [2.24, 2.45) is 0 Å². The Balaban J connectivity index is 1.45. The van der Waals surface area contributed by atoms with Crippen LogP contribution >= 0.6 is 0 Å². The predicted octanol–water partition coefficient (Wildman–Crippen LogP) is 2.15. The Morgan fingerprint density at radius 1 is 1.27 bits per heavy atom. The van der Waals surface area contributed by atoms with Gasteiger partial charge in [0.15, 0.2) is 0 Å². The highest BCUT2D eigenvalue weighted by molar-refractivity contribution is 5.79. The molecule has 2 aliphatic rings. The fraction of sp³-hybridized carbons (Fsp3) is 0.450. The van der Waals surface area contributed by atoms with Crippen molar-refractivity contribution in [2.75, 3.05) is 32.1 Å². The Bertz CT molecular complexity index is 808. The number of hydrogen-bond donors (Lipinski definition) is 1. The maximum absolute atomic E-state index is 12.8. The smallest absolute Gasteiger partial charge is 0.227 e. The van der Waals surface area contributed by atoms with E-state index in [0.717, 1.165) is 17.7 Å². The van der Waals surface area contributed by atoms with Gasteiger partial charge in [-0.1, -0.05) is 18.2 Å². The lowest BCUT2D eigenvalue weighted by molar-refractivity contribution is -0.138. The molecule has 2 aromatic rings. The van der Waals surface area contributed by atoms with Gasteiger partial charge in [0.2, 0.25) is 5.91 Å². The standard InChI is InChI=1S/C20H24N4O2/c1-21-20-19(22-7-8-23-20)17-13-24(9-10-26-17)18(25)12-14-5-6-15-3-2-4-16(15)11-14/h5-8,11,17H,2-4,9-10,12-13H2,1H3,(H,21,23)/t17-/m1/s1. The number of hydrogen-bond acceptors (Lipinski definition) is 5. The van der Waals surface area contributed by atoms with Gasteiger partial charge < -0.3 is 15.0 Å². The maximum Gasteiger partial charge on any atom is 0.227 e. The molecule has 26 heavy (non-hydrogen) atoms. The molecule has 6 heteroatoms. The molecule has 2 heterocycles. The Kier molecular flexibility index (Phi) is 4.84. The SMILES string of the molecule is CNc1nccnc1[C@H]1CN(C(=O)Cc2ccc3c(c2)CCC3)CCO1. The quantitative estimate of drug-likeness (QED) is 0.913. The van der Waals surface area contributed by atoms with Crippen LogP contribution in [-0.4, -0.2) is 47.5 Å². The highest BCUT2D eigenvalue weighted by atomic mass is 16.5. The number of rotatable bonds is 4. The van der Waals surface area contributed by atoms with Crippen molar-refractivity contribution in [3.8, 4) is 0 Å². The summed E-state index contributed by atoms with van der Waals surface area (Å²) < 4.78 is 5.86. The van der Waals surface area contributed by atoms with E-state index in [1.54, 1.807) is 12.4 Å². The van der Waals surface area contributed by atoms with Gasteiger partial charge in [-0.25, -0.2) is 4.98 Å². The van der Waals surface area contributed by atoms with E-state index >= 15 is 0 Å². The maximum atomic E-state index is 12.8. The molecule has 1 aliphatic carbocycles. The molecular weight excluding hydrogens is 328 g/mol. The van der Waals surface area contributed by atoms with Gasteiger partial charge in [-0.2, -0.15) is 0 Å². The van der Waals surface area contributed by atoms with Crippen LogP contribution in [0.1, 0.15) is 34.9 Å². The van der Waals surface area contributed by atoms with Crippen molar-refractivity contribution < 1.29 is 9.53 Å². The number of carbonyl (C=O) groups excluding carboxylic acids is 1. The van der Waals surface area contributed by atoms with Crippen molar-refractivity contribution in [1.82, 2.24) is 14.9 Å². The van der Waals surface area contributed by atoms with Gasteiger partial charge in [0, 0.05) is 26.0 Å². The van der Waals surface area contributed by atoms with Crippen LogP contribution in [0.5, 0.6) is 0 Å². The monoisotopic (exact) mass is 352 g/mol. The number of amides is 1. The van der Waals surface area contributed by atoms with E-state index in [0.29, 0.717) is 31.9 Å². The van der Waals surface area contributed by atoms with Crippen LogP contribution in [0.4, 0.5) is 5.82 Å². The first-order valence-electron chi connectivity index (χ1n) is 9.23. The summed E-state index contributed by atoms with van der Waals surface area (Å²) in [7, 11) is 1.81. The molecule has 0 radical (unpaired) electrons. The topological polar surface area (TPSA) is 67.4 Å². The Morgan fingerprint density at radius 2 is 2.12 bits per heavy atom. The summed E-state index contributed by atoms with van der Waals surface area (Å²) in [5.74, 6) is 0.844. The minimum absolute atomic E-state index is 0.145. The highest BCUT2D eigenvalue weighted by Gasteiger charge is 2.28. The zero-order chi connectivity index (χ0) is 17.9. The third kappa shape index (κ3) is 3.42. The van der Waals surface area contributed by atoms with Crippen LogP contribution < -0.4 is 5.32 Å². The van der Waals surface area contributed by atoms with Crippen molar-refractivity contribution in [2.45, 2.75) is 31.8 Å². The van der Waals surface area contributed by atoms with Gasteiger partial charge in [0.05, 0.1) is 19.6 Å². The van der Waals surface area contributed by atoms with Crippen molar-refractivity contribution in [1.29, 1.82) is 0 Å². The fourth-order valence-electron chi connectivity index (χ4n) is 3.84. The lowest BCUT2D eigenvalue weighted by atomic mass is 10.0. The summed E-state index contributed by atoms with van der Waals surface area (Å²) in [5, 5.41) is 3.04. The molecule has 0 unspecified atom stereocenters. The molecule has 1 N–H and O–H groups in total. The Hall–Kier alpha value is -2.47. The van der Waals surface area contributed by atoms with Crippen LogP contribution in [-0.2, 0) is 28.8 Å². The molecule has 1 fully saturated rings. The van der Waals surface area contributed by atoms with Gasteiger partial charge in [-0.15, -0.1) is 0 Å². The largest absolute Gasteiger partial charge is 0.372 e. The number of morpholine rings is 1. The molecule has 0 saturated carbocycles. The summed E-state index contributed by atoms with van der Waals surface area (Å²) in [4.78, 5) is 23.4. The second-order valence-corrected chi connectivity index (χ2v) is 6.87. The third-order valence-electron chi connectivity index (χ3n) is 5.21. The van der Waals surface area contributed by atoms with Crippen LogP contribution in [0, 0.1) is 0 Å². The number of carbonyl (C=O) groups is 1. The van der Waals surface area contributed by atoms with Gasteiger partial charge in [-0.3, -0.25) is 9.78 Å². The summed E-state index contributed by atoms with van der Waals surface area (Å²) in [6, 6.07) is 6.49. The van der Waals surface area contributed by atoms with Crippen LogP contribution in [0.25, 0.3) is 0 Å². The molecule has 1 aliphatic heterocycles. The summed E-state index contributed by atoms with van der Waals surface area (Å²) in [5.41, 5.74) is 4.71. The highest BCUT2D eigenvalue weighted by Crippen LogP contribution is 2.26. The first-order chi connectivity index (χ1) is 12.7. The third-order valence-corrected chi connectivity index (χ3v) is 5.21.